The zero-order valence-electron chi connectivity index (χ0n) is 16.4. The summed E-state index contributed by atoms with van der Waals surface area (Å²) in [7, 11) is 0. The number of ketones is 1. The highest BCUT2D eigenvalue weighted by molar-refractivity contribution is 6.32. The lowest BCUT2D eigenvalue weighted by molar-refractivity contribution is 0.0876. The van der Waals surface area contributed by atoms with E-state index in [9.17, 15) is 4.79 Å². The number of allylic oxidation sites excluding steroid dienone is 1. The topological polar surface area (TPSA) is 51.7 Å². The van der Waals surface area contributed by atoms with E-state index in [0.29, 0.717) is 29.6 Å². The average molecular weight is 419 g/mol. The lowest BCUT2D eigenvalue weighted by Crippen LogP contribution is -2.32. The van der Waals surface area contributed by atoms with Crippen LogP contribution >= 0.6 is 11.6 Å². The summed E-state index contributed by atoms with van der Waals surface area (Å²) in [6.45, 7) is 3.82. The summed E-state index contributed by atoms with van der Waals surface area (Å²) in [4.78, 5) is 19.4. The van der Waals surface area contributed by atoms with Crippen molar-refractivity contribution < 1.29 is 14.3 Å². The Bertz CT molecular complexity index is 1170. The van der Waals surface area contributed by atoms with E-state index in [-0.39, 0.29) is 11.5 Å². The number of rotatable bonds is 3. The fourth-order valence-electron chi connectivity index (χ4n) is 3.88. The first-order valence-electron chi connectivity index (χ1n) is 9.69. The number of ether oxygens (including phenoxy) is 2. The number of carbonyl (C=O) groups excluding carboxylic acids is 1. The van der Waals surface area contributed by atoms with Gasteiger partial charge in [-0.05, 0) is 42.3 Å². The predicted molar refractivity (Wildman–Crippen MR) is 115 cm³/mol. The predicted octanol–water partition coefficient (Wildman–Crippen LogP) is 5.01. The molecule has 2 aromatic carbocycles. The Morgan fingerprint density at radius 3 is 2.87 bits per heavy atom. The third kappa shape index (κ3) is 3.36. The molecule has 0 N–H and O–H groups in total. The summed E-state index contributed by atoms with van der Waals surface area (Å²) >= 11 is 6.24. The van der Waals surface area contributed by atoms with Crippen LogP contribution in [-0.2, 0) is 13.1 Å². The molecular weight excluding hydrogens is 400 g/mol. The van der Waals surface area contributed by atoms with E-state index in [1.807, 2.05) is 49.5 Å². The van der Waals surface area contributed by atoms with E-state index < -0.39 is 0 Å². The summed E-state index contributed by atoms with van der Waals surface area (Å²) < 4.78 is 12.0. The van der Waals surface area contributed by atoms with Crippen molar-refractivity contribution in [1.29, 1.82) is 0 Å². The second kappa shape index (κ2) is 7.59. The molecule has 5 rings (SSSR count). The van der Waals surface area contributed by atoms with Crippen molar-refractivity contribution in [2.24, 2.45) is 0 Å². The number of hydrogen-bond donors (Lipinski definition) is 0. The molecule has 0 bridgehead atoms. The number of nitrogens with zero attached hydrogens (tertiary/aromatic N) is 2. The monoisotopic (exact) mass is 418 g/mol. The van der Waals surface area contributed by atoms with Gasteiger partial charge in [0.2, 0.25) is 5.78 Å². The van der Waals surface area contributed by atoms with Crippen LogP contribution in [0.1, 0.15) is 32.6 Å². The van der Waals surface area contributed by atoms with Crippen LogP contribution in [0.2, 0.25) is 5.02 Å². The lowest BCUT2D eigenvalue weighted by atomic mass is 10.00. The van der Waals surface area contributed by atoms with Crippen LogP contribution in [0.3, 0.4) is 0 Å². The Hall–Kier alpha value is -3.15. The van der Waals surface area contributed by atoms with E-state index in [1.54, 1.807) is 18.3 Å². The molecule has 0 fully saturated rings. The molecule has 0 radical (unpaired) electrons. The number of halogens is 1. The fourth-order valence-corrected chi connectivity index (χ4v) is 4.07. The largest absolute Gasteiger partial charge is 0.477 e. The van der Waals surface area contributed by atoms with E-state index in [4.69, 9.17) is 21.1 Å². The molecule has 0 amide bonds. The zero-order chi connectivity index (χ0) is 20.7. The van der Waals surface area contributed by atoms with Crippen molar-refractivity contribution in [1.82, 2.24) is 9.88 Å². The van der Waals surface area contributed by atoms with Gasteiger partial charge in [0, 0.05) is 41.6 Å². The van der Waals surface area contributed by atoms with Crippen molar-refractivity contribution in [3.63, 3.8) is 0 Å². The van der Waals surface area contributed by atoms with Gasteiger partial charge in [0.1, 0.15) is 18.2 Å². The van der Waals surface area contributed by atoms with Crippen molar-refractivity contribution >= 4 is 23.5 Å². The fraction of sp³-hybridized carbons (Fsp3) is 0.167. The third-order valence-corrected chi connectivity index (χ3v) is 5.67. The second-order valence-corrected chi connectivity index (χ2v) is 7.86. The van der Waals surface area contributed by atoms with Gasteiger partial charge in [-0.1, -0.05) is 35.9 Å². The van der Waals surface area contributed by atoms with Gasteiger partial charge in [-0.15, -0.1) is 0 Å². The molecule has 0 atom stereocenters. The molecule has 1 aromatic heterocycles. The van der Waals surface area contributed by atoms with Crippen LogP contribution in [0.15, 0.2) is 60.6 Å². The minimum Gasteiger partial charge on any atom is -0.477 e. The van der Waals surface area contributed by atoms with Crippen LogP contribution in [-0.4, -0.2) is 22.4 Å². The average Bonchev–Trinajstić information content (AvgIpc) is 3.06. The van der Waals surface area contributed by atoms with Crippen molar-refractivity contribution in [3.05, 3.63) is 93.5 Å². The molecule has 30 heavy (non-hydrogen) atoms. The molecule has 6 heteroatoms. The molecule has 0 aliphatic carbocycles. The maximum absolute atomic E-state index is 13.0. The van der Waals surface area contributed by atoms with Crippen LogP contribution < -0.4 is 9.47 Å². The van der Waals surface area contributed by atoms with Gasteiger partial charge in [-0.3, -0.25) is 14.7 Å². The van der Waals surface area contributed by atoms with Crippen LogP contribution in [0.4, 0.5) is 0 Å². The smallest absolute Gasteiger partial charge is 0.231 e. The Labute approximate surface area is 179 Å². The van der Waals surface area contributed by atoms with Crippen molar-refractivity contribution in [2.45, 2.75) is 20.0 Å². The summed E-state index contributed by atoms with van der Waals surface area (Å²) in [6.07, 6.45) is 5.31. The van der Waals surface area contributed by atoms with Gasteiger partial charge < -0.3 is 9.47 Å². The Morgan fingerprint density at radius 2 is 2.07 bits per heavy atom. The molecule has 0 saturated heterocycles. The highest BCUT2D eigenvalue weighted by Gasteiger charge is 2.33. The van der Waals surface area contributed by atoms with Gasteiger partial charge >= 0.3 is 0 Å². The van der Waals surface area contributed by atoms with Crippen molar-refractivity contribution in [3.8, 4) is 11.5 Å². The maximum atomic E-state index is 13.0. The molecule has 2 aliphatic rings. The lowest BCUT2D eigenvalue weighted by Gasteiger charge is -2.30. The van der Waals surface area contributed by atoms with Gasteiger partial charge in [-0.25, -0.2) is 0 Å². The first-order valence-corrected chi connectivity index (χ1v) is 10.1. The third-order valence-electron chi connectivity index (χ3n) is 5.32. The highest BCUT2D eigenvalue weighted by Crippen LogP contribution is 2.43. The summed E-state index contributed by atoms with van der Waals surface area (Å²) in [5.41, 5.74) is 4.26. The summed E-state index contributed by atoms with van der Waals surface area (Å²) in [6, 6.07) is 13.2. The number of fused-ring (bicyclic) bond motifs is 2. The molecule has 0 saturated carbocycles. The zero-order valence-corrected chi connectivity index (χ0v) is 17.1. The number of aromatic nitrogens is 1. The normalized spacial score (nSPS) is 16.7. The van der Waals surface area contributed by atoms with Gasteiger partial charge in [0.25, 0.3) is 0 Å². The maximum Gasteiger partial charge on any atom is 0.231 e. The van der Waals surface area contributed by atoms with Crippen LogP contribution in [0.25, 0.3) is 6.08 Å². The Kier molecular flexibility index (Phi) is 4.77. The van der Waals surface area contributed by atoms with Gasteiger partial charge in [-0.2, -0.15) is 0 Å². The minimum absolute atomic E-state index is 0.139. The molecule has 0 spiro atoms. The molecule has 3 aromatic rings. The Balaban J connectivity index is 1.44. The number of pyridine rings is 1. The standard InChI is InChI=1S/C24H19ClN2O3/c1-15-23-18(13-27(14-29-23)12-16-5-4-8-26-11-16)9-19-22(28)21(30-24(15)19)10-17-6-2-3-7-20(17)25/h2-11H,12-14H2,1H3/b21-10-. The molecule has 0 unspecified atom stereocenters. The van der Waals surface area contributed by atoms with Crippen LogP contribution in [0, 0.1) is 6.92 Å². The number of hydrogen-bond acceptors (Lipinski definition) is 5. The number of Topliss-reactive ketones (excluding diaryl/α,β-unsaturated/α-hetero) is 1. The summed E-state index contributed by atoms with van der Waals surface area (Å²) in [5.74, 6) is 1.50. The molecule has 5 nitrogen and oxygen atoms in total. The molecule has 3 heterocycles. The van der Waals surface area contributed by atoms with Gasteiger partial charge in [0.15, 0.2) is 5.76 Å². The summed E-state index contributed by atoms with van der Waals surface area (Å²) in [5, 5.41) is 0.572. The first-order chi connectivity index (χ1) is 14.6. The minimum atomic E-state index is -0.139. The van der Waals surface area contributed by atoms with Crippen LogP contribution in [0.5, 0.6) is 11.5 Å². The molecule has 150 valence electrons. The number of benzene rings is 2. The Morgan fingerprint density at radius 1 is 1.20 bits per heavy atom. The van der Waals surface area contributed by atoms with Gasteiger partial charge in [0.05, 0.1) is 5.56 Å². The second-order valence-electron chi connectivity index (χ2n) is 7.45. The van der Waals surface area contributed by atoms with E-state index in [2.05, 4.69) is 9.88 Å². The molecule has 2 aliphatic heterocycles. The quantitative estimate of drug-likeness (QED) is 0.559. The van der Waals surface area contributed by atoms with E-state index in [0.717, 1.165) is 34.5 Å². The van der Waals surface area contributed by atoms with Crippen molar-refractivity contribution in [2.75, 3.05) is 6.73 Å². The molecular formula is C24H19ClN2O3. The SMILES string of the molecule is Cc1c2c(cc3c1O/C(=C\c1ccccc1Cl)C3=O)CN(Cc1cccnc1)CO2. The van der Waals surface area contributed by atoms with E-state index >= 15 is 0 Å². The number of carbonyl (C=O) groups is 1. The highest BCUT2D eigenvalue weighted by atomic mass is 35.5. The first kappa shape index (κ1) is 18.9. The van der Waals surface area contributed by atoms with E-state index in [1.165, 1.54) is 0 Å².